The van der Waals surface area contributed by atoms with Gasteiger partial charge in [0.15, 0.2) is 17.3 Å². The SMILES string of the molecule is CCc1cc(O)c(C(=O)C=Cc2cc(OC)c(OCc3ccccc3)c(OC)c2)cc1Br. The molecule has 0 heterocycles. The molecule has 0 amide bonds. The van der Waals surface area contributed by atoms with Gasteiger partial charge in [-0.2, -0.15) is 0 Å². The van der Waals surface area contributed by atoms with Crippen LogP contribution in [0.25, 0.3) is 6.08 Å². The molecule has 3 aromatic rings. The average molecular weight is 497 g/mol. The highest BCUT2D eigenvalue weighted by molar-refractivity contribution is 9.10. The summed E-state index contributed by atoms with van der Waals surface area (Å²) in [7, 11) is 3.10. The topological polar surface area (TPSA) is 65.0 Å². The standard InChI is InChI=1S/C26H25BrO5/c1-4-19-14-23(29)20(15-21(19)27)22(28)11-10-18-12-24(30-2)26(25(13-18)31-3)32-16-17-8-6-5-7-9-17/h5-15,29H,4,16H2,1-3H3. The van der Waals surface area contributed by atoms with Gasteiger partial charge in [-0.25, -0.2) is 0 Å². The predicted molar refractivity (Wildman–Crippen MR) is 129 cm³/mol. The van der Waals surface area contributed by atoms with E-state index in [4.69, 9.17) is 14.2 Å². The molecular weight excluding hydrogens is 472 g/mol. The molecule has 1 N–H and O–H groups in total. The Kier molecular flexibility index (Phi) is 7.95. The number of phenols is 1. The summed E-state index contributed by atoms with van der Waals surface area (Å²) in [5, 5.41) is 10.2. The van der Waals surface area contributed by atoms with E-state index in [9.17, 15) is 9.90 Å². The highest BCUT2D eigenvalue weighted by Crippen LogP contribution is 2.39. The van der Waals surface area contributed by atoms with Crippen LogP contribution in [0.5, 0.6) is 23.0 Å². The number of methoxy groups -OCH3 is 2. The predicted octanol–water partition coefficient (Wildman–Crippen LogP) is 6.21. The van der Waals surface area contributed by atoms with Crippen LogP contribution < -0.4 is 14.2 Å². The van der Waals surface area contributed by atoms with E-state index in [1.807, 2.05) is 37.3 Å². The molecule has 0 saturated carbocycles. The van der Waals surface area contributed by atoms with Crippen molar-refractivity contribution in [3.8, 4) is 23.0 Å². The summed E-state index contributed by atoms with van der Waals surface area (Å²) in [4.78, 5) is 12.7. The average Bonchev–Trinajstić information content (AvgIpc) is 2.82. The summed E-state index contributed by atoms with van der Waals surface area (Å²) in [5.74, 6) is 1.11. The molecule has 0 aliphatic rings. The van der Waals surface area contributed by atoms with Gasteiger partial charge in [0.1, 0.15) is 12.4 Å². The van der Waals surface area contributed by atoms with Gasteiger partial charge in [-0.3, -0.25) is 4.79 Å². The molecule has 0 aliphatic heterocycles. The molecule has 0 aromatic heterocycles. The number of allylic oxidation sites excluding steroid dienone is 1. The first-order valence-corrected chi connectivity index (χ1v) is 10.9. The number of carbonyl (C=O) groups excluding carboxylic acids is 1. The number of aromatic hydroxyl groups is 1. The smallest absolute Gasteiger partial charge is 0.203 e. The first-order chi connectivity index (χ1) is 15.5. The maximum absolute atomic E-state index is 12.7. The van der Waals surface area contributed by atoms with E-state index in [1.54, 1.807) is 44.6 Å². The Morgan fingerprint density at radius 1 is 1.03 bits per heavy atom. The Labute approximate surface area is 196 Å². The van der Waals surface area contributed by atoms with Gasteiger partial charge in [0.2, 0.25) is 5.75 Å². The van der Waals surface area contributed by atoms with Crippen LogP contribution in [0.2, 0.25) is 0 Å². The lowest BCUT2D eigenvalue weighted by atomic mass is 10.0. The van der Waals surface area contributed by atoms with Crippen LogP contribution in [0.1, 0.15) is 34.0 Å². The molecule has 0 aliphatic carbocycles. The molecule has 0 saturated heterocycles. The first-order valence-electron chi connectivity index (χ1n) is 10.1. The van der Waals surface area contributed by atoms with Crippen molar-refractivity contribution in [1.82, 2.24) is 0 Å². The molecule has 6 heteroatoms. The van der Waals surface area contributed by atoms with Crippen molar-refractivity contribution in [1.29, 1.82) is 0 Å². The van der Waals surface area contributed by atoms with E-state index in [-0.39, 0.29) is 17.1 Å². The van der Waals surface area contributed by atoms with Gasteiger partial charge < -0.3 is 19.3 Å². The highest BCUT2D eigenvalue weighted by Gasteiger charge is 2.15. The van der Waals surface area contributed by atoms with Crippen LogP contribution in [0.3, 0.4) is 0 Å². The zero-order valence-electron chi connectivity index (χ0n) is 18.2. The summed E-state index contributed by atoms with van der Waals surface area (Å²) in [6, 6.07) is 16.6. The molecular formula is C26H25BrO5. The molecule has 166 valence electrons. The monoisotopic (exact) mass is 496 g/mol. The minimum Gasteiger partial charge on any atom is -0.507 e. The van der Waals surface area contributed by atoms with Crippen LogP contribution >= 0.6 is 15.9 Å². The normalized spacial score (nSPS) is 10.9. The highest BCUT2D eigenvalue weighted by atomic mass is 79.9. The number of rotatable bonds is 9. The number of ketones is 1. The van der Waals surface area contributed by atoms with Crippen molar-refractivity contribution in [3.63, 3.8) is 0 Å². The number of hydrogen-bond donors (Lipinski definition) is 1. The Morgan fingerprint density at radius 3 is 2.28 bits per heavy atom. The summed E-state index contributed by atoms with van der Waals surface area (Å²) in [6.07, 6.45) is 3.80. The fourth-order valence-electron chi connectivity index (χ4n) is 3.20. The molecule has 0 spiro atoms. The molecule has 5 nitrogen and oxygen atoms in total. The molecule has 0 unspecified atom stereocenters. The van der Waals surface area contributed by atoms with Crippen molar-refractivity contribution in [2.45, 2.75) is 20.0 Å². The molecule has 0 bridgehead atoms. The third-order valence-corrected chi connectivity index (χ3v) is 5.69. The first kappa shape index (κ1) is 23.4. The van der Waals surface area contributed by atoms with Crippen LogP contribution in [0.4, 0.5) is 0 Å². The van der Waals surface area contributed by atoms with Gasteiger partial charge in [-0.05, 0) is 53.5 Å². The fraction of sp³-hybridized carbons (Fsp3) is 0.192. The quantitative estimate of drug-likeness (QED) is 0.281. The van der Waals surface area contributed by atoms with E-state index in [1.165, 1.54) is 6.08 Å². The van der Waals surface area contributed by atoms with Crippen molar-refractivity contribution < 1.29 is 24.1 Å². The van der Waals surface area contributed by atoms with Crippen LogP contribution in [0, 0.1) is 0 Å². The van der Waals surface area contributed by atoms with Crippen molar-refractivity contribution in [3.05, 3.63) is 87.4 Å². The van der Waals surface area contributed by atoms with Crippen LogP contribution in [0.15, 0.2) is 65.1 Å². The van der Waals surface area contributed by atoms with Gasteiger partial charge in [-0.1, -0.05) is 59.3 Å². The van der Waals surface area contributed by atoms with Gasteiger partial charge in [0.05, 0.1) is 19.8 Å². The van der Waals surface area contributed by atoms with Gasteiger partial charge in [-0.15, -0.1) is 0 Å². The number of aryl methyl sites for hydroxylation is 1. The maximum Gasteiger partial charge on any atom is 0.203 e. The van der Waals surface area contributed by atoms with Crippen LogP contribution in [-0.4, -0.2) is 25.1 Å². The minimum atomic E-state index is -0.312. The zero-order valence-corrected chi connectivity index (χ0v) is 19.8. The number of carbonyl (C=O) groups is 1. The third-order valence-electron chi connectivity index (χ3n) is 4.95. The largest absolute Gasteiger partial charge is 0.507 e. The van der Waals surface area contributed by atoms with E-state index in [0.717, 1.165) is 22.0 Å². The van der Waals surface area contributed by atoms with E-state index in [0.29, 0.717) is 29.4 Å². The lowest BCUT2D eigenvalue weighted by Gasteiger charge is -2.15. The van der Waals surface area contributed by atoms with Gasteiger partial charge >= 0.3 is 0 Å². The lowest BCUT2D eigenvalue weighted by Crippen LogP contribution is -2.01. The zero-order chi connectivity index (χ0) is 23.1. The number of benzene rings is 3. The molecule has 0 fully saturated rings. The summed E-state index contributed by atoms with van der Waals surface area (Å²) < 4.78 is 17.7. The van der Waals surface area contributed by atoms with E-state index < -0.39 is 0 Å². The number of phenolic OH excluding ortho intramolecular Hbond substituents is 1. The summed E-state index contributed by atoms with van der Waals surface area (Å²) in [6.45, 7) is 2.35. The summed E-state index contributed by atoms with van der Waals surface area (Å²) >= 11 is 3.45. The van der Waals surface area contributed by atoms with Gasteiger partial charge in [0.25, 0.3) is 0 Å². The van der Waals surface area contributed by atoms with Crippen LogP contribution in [-0.2, 0) is 13.0 Å². The molecule has 3 rings (SSSR count). The summed E-state index contributed by atoms with van der Waals surface area (Å²) in [5.41, 5.74) is 2.88. The minimum absolute atomic E-state index is 0.0421. The third kappa shape index (κ3) is 5.51. The lowest BCUT2D eigenvalue weighted by molar-refractivity contribution is 0.104. The molecule has 32 heavy (non-hydrogen) atoms. The Bertz CT molecular complexity index is 1100. The molecule has 0 radical (unpaired) electrons. The second-order valence-corrected chi connectivity index (χ2v) is 7.90. The molecule has 3 aromatic carbocycles. The van der Waals surface area contributed by atoms with E-state index in [2.05, 4.69) is 15.9 Å². The number of hydrogen-bond acceptors (Lipinski definition) is 5. The van der Waals surface area contributed by atoms with Crippen molar-refractivity contribution in [2.75, 3.05) is 14.2 Å². The Balaban J connectivity index is 1.84. The fourth-order valence-corrected chi connectivity index (χ4v) is 3.83. The molecule has 0 atom stereocenters. The second-order valence-electron chi connectivity index (χ2n) is 7.04. The number of ether oxygens (including phenoxy) is 3. The Hall–Kier alpha value is -3.25. The van der Waals surface area contributed by atoms with Crippen molar-refractivity contribution >= 4 is 27.8 Å². The Morgan fingerprint density at radius 2 is 1.69 bits per heavy atom. The number of halogens is 1. The maximum atomic E-state index is 12.7. The van der Waals surface area contributed by atoms with Gasteiger partial charge in [0, 0.05) is 4.47 Å². The second kappa shape index (κ2) is 10.9. The van der Waals surface area contributed by atoms with E-state index >= 15 is 0 Å². The van der Waals surface area contributed by atoms with Crippen molar-refractivity contribution in [2.24, 2.45) is 0 Å².